The van der Waals surface area contributed by atoms with Gasteiger partial charge in [-0.25, -0.2) is 0 Å². The summed E-state index contributed by atoms with van der Waals surface area (Å²) in [4.78, 5) is 13.5. The van der Waals surface area contributed by atoms with Gasteiger partial charge in [0.25, 0.3) is 0 Å². The van der Waals surface area contributed by atoms with Gasteiger partial charge in [-0.2, -0.15) is 0 Å². The normalized spacial score (nSPS) is 17.6. The van der Waals surface area contributed by atoms with E-state index in [1.54, 1.807) is 11.3 Å². The van der Waals surface area contributed by atoms with Gasteiger partial charge in [-0.3, -0.25) is 4.79 Å². The molecule has 1 heterocycles. The summed E-state index contributed by atoms with van der Waals surface area (Å²) in [5.41, 5.74) is 0. The van der Waals surface area contributed by atoms with E-state index in [0.29, 0.717) is 18.8 Å². The number of hydrogen-bond acceptors (Lipinski definition) is 3. The molecule has 1 unspecified atom stereocenters. The third kappa shape index (κ3) is 5.79. The molecule has 1 aromatic rings. The Balaban J connectivity index is 1.72. The second-order valence-corrected chi connectivity index (χ2v) is 7.05. The summed E-state index contributed by atoms with van der Waals surface area (Å²) >= 11 is 1.75. The quantitative estimate of drug-likeness (QED) is 0.772. The number of aryl methyl sites for hydroxylation is 1. The number of amides is 1. The van der Waals surface area contributed by atoms with E-state index < -0.39 is 0 Å². The van der Waals surface area contributed by atoms with Crippen molar-refractivity contribution in [1.29, 1.82) is 0 Å². The summed E-state index contributed by atoms with van der Waals surface area (Å²) in [5, 5.41) is 14.5. The standard InChI is InChI=1S/C17H27NO2S/c19-12-11-16(14-6-2-1-3-7-14)18-17(20)10-4-8-15-9-5-13-21-15/h5,9,13-14,16,19H,1-4,6-8,10-12H2,(H,18,20). The first-order valence-corrected chi connectivity index (χ1v) is 9.10. The van der Waals surface area contributed by atoms with Crippen LogP contribution >= 0.6 is 11.3 Å². The summed E-state index contributed by atoms with van der Waals surface area (Å²) in [6.07, 6.45) is 9.41. The van der Waals surface area contributed by atoms with E-state index in [1.165, 1.54) is 37.0 Å². The average molecular weight is 309 g/mol. The molecule has 4 heteroatoms. The van der Waals surface area contributed by atoms with Crippen LogP contribution in [0.3, 0.4) is 0 Å². The van der Waals surface area contributed by atoms with Gasteiger partial charge in [0.2, 0.25) is 5.91 Å². The third-order valence-corrected chi connectivity index (χ3v) is 5.35. The molecule has 0 aliphatic heterocycles. The molecule has 0 bridgehead atoms. The summed E-state index contributed by atoms with van der Waals surface area (Å²) in [7, 11) is 0. The van der Waals surface area contributed by atoms with E-state index in [2.05, 4.69) is 22.8 Å². The Morgan fingerprint density at radius 3 is 2.86 bits per heavy atom. The van der Waals surface area contributed by atoms with Crippen molar-refractivity contribution in [3.05, 3.63) is 22.4 Å². The average Bonchev–Trinajstić information content (AvgIpc) is 3.01. The second kappa shape index (κ2) is 9.21. The number of carbonyl (C=O) groups excluding carboxylic acids is 1. The Labute approximate surface area is 131 Å². The minimum Gasteiger partial charge on any atom is -0.396 e. The number of thiophene rings is 1. The van der Waals surface area contributed by atoms with Gasteiger partial charge in [-0.1, -0.05) is 25.3 Å². The van der Waals surface area contributed by atoms with Crippen molar-refractivity contribution >= 4 is 17.2 Å². The second-order valence-electron chi connectivity index (χ2n) is 6.02. The fourth-order valence-electron chi connectivity index (χ4n) is 3.26. The molecule has 1 aromatic heterocycles. The van der Waals surface area contributed by atoms with Gasteiger partial charge in [0.1, 0.15) is 0 Å². The molecule has 0 spiro atoms. The molecule has 3 nitrogen and oxygen atoms in total. The van der Waals surface area contributed by atoms with Crippen LogP contribution in [0, 0.1) is 5.92 Å². The molecule has 0 saturated heterocycles. The van der Waals surface area contributed by atoms with E-state index in [4.69, 9.17) is 0 Å². The van der Waals surface area contributed by atoms with Crippen LogP contribution in [0.15, 0.2) is 17.5 Å². The zero-order valence-electron chi connectivity index (χ0n) is 12.7. The molecule has 1 amide bonds. The lowest BCUT2D eigenvalue weighted by atomic mass is 9.82. The van der Waals surface area contributed by atoms with E-state index in [9.17, 15) is 9.90 Å². The monoisotopic (exact) mass is 309 g/mol. The van der Waals surface area contributed by atoms with Gasteiger partial charge < -0.3 is 10.4 Å². The van der Waals surface area contributed by atoms with E-state index >= 15 is 0 Å². The maximum atomic E-state index is 12.1. The Hall–Kier alpha value is -0.870. The largest absolute Gasteiger partial charge is 0.396 e. The van der Waals surface area contributed by atoms with Crippen LogP contribution in [0.5, 0.6) is 0 Å². The lowest BCUT2D eigenvalue weighted by molar-refractivity contribution is -0.122. The third-order valence-electron chi connectivity index (χ3n) is 4.41. The molecule has 1 saturated carbocycles. The van der Waals surface area contributed by atoms with Crippen LogP contribution in [0.1, 0.15) is 56.2 Å². The van der Waals surface area contributed by atoms with Crippen LogP contribution in [0.25, 0.3) is 0 Å². The predicted octanol–water partition coefficient (Wildman–Crippen LogP) is 3.52. The van der Waals surface area contributed by atoms with Crippen molar-refractivity contribution in [2.45, 2.75) is 63.8 Å². The first kappa shape index (κ1) is 16.5. The Bertz CT molecular complexity index is 399. The molecule has 0 aromatic carbocycles. The fourth-order valence-corrected chi connectivity index (χ4v) is 4.01. The van der Waals surface area contributed by atoms with Gasteiger partial charge in [0.15, 0.2) is 0 Å². The Morgan fingerprint density at radius 2 is 2.19 bits per heavy atom. The summed E-state index contributed by atoms with van der Waals surface area (Å²) < 4.78 is 0. The van der Waals surface area contributed by atoms with Crippen molar-refractivity contribution in [1.82, 2.24) is 5.32 Å². The summed E-state index contributed by atoms with van der Waals surface area (Å²) in [5.74, 6) is 0.711. The van der Waals surface area contributed by atoms with Crippen LogP contribution in [0.4, 0.5) is 0 Å². The van der Waals surface area contributed by atoms with Crippen LogP contribution in [-0.4, -0.2) is 23.7 Å². The molecule has 1 aliphatic rings. The van der Waals surface area contributed by atoms with Crippen molar-refractivity contribution in [3.63, 3.8) is 0 Å². The first-order chi connectivity index (χ1) is 10.3. The maximum absolute atomic E-state index is 12.1. The molecule has 21 heavy (non-hydrogen) atoms. The lowest BCUT2D eigenvalue weighted by Gasteiger charge is -2.30. The van der Waals surface area contributed by atoms with E-state index in [0.717, 1.165) is 12.8 Å². The Kier molecular flexibility index (Phi) is 7.24. The van der Waals surface area contributed by atoms with Crippen LogP contribution < -0.4 is 5.32 Å². The number of hydrogen-bond donors (Lipinski definition) is 2. The smallest absolute Gasteiger partial charge is 0.220 e. The minimum absolute atomic E-state index is 0.149. The number of carbonyl (C=O) groups is 1. The number of aliphatic hydroxyl groups excluding tert-OH is 1. The highest BCUT2D eigenvalue weighted by molar-refractivity contribution is 7.09. The first-order valence-electron chi connectivity index (χ1n) is 8.22. The minimum atomic E-state index is 0.149. The molecule has 1 aliphatic carbocycles. The molecule has 1 fully saturated rings. The summed E-state index contributed by atoms with van der Waals surface area (Å²) in [6.45, 7) is 0.163. The van der Waals surface area contributed by atoms with Gasteiger partial charge in [-0.05, 0) is 49.5 Å². The molecule has 2 N–H and O–H groups in total. The molecule has 0 radical (unpaired) electrons. The maximum Gasteiger partial charge on any atom is 0.220 e. The van der Waals surface area contributed by atoms with Crippen molar-refractivity contribution < 1.29 is 9.90 Å². The van der Waals surface area contributed by atoms with E-state index in [-0.39, 0.29) is 18.6 Å². The van der Waals surface area contributed by atoms with Crippen molar-refractivity contribution in [2.75, 3.05) is 6.61 Å². The molecule has 2 rings (SSSR count). The highest BCUT2D eigenvalue weighted by Crippen LogP contribution is 2.27. The predicted molar refractivity (Wildman–Crippen MR) is 87.5 cm³/mol. The lowest BCUT2D eigenvalue weighted by Crippen LogP contribution is -2.41. The van der Waals surface area contributed by atoms with Crippen LogP contribution in [0.2, 0.25) is 0 Å². The van der Waals surface area contributed by atoms with Crippen molar-refractivity contribution in [2.24, 2.45) is 5.92 Å². The molecule has 1 atom stereocenters. The van der Waals surface area contributed by atoms with Gasteiger partial charge in [0, 0.05) is 23.9 Å². The fraction of sp³-hybridized carbons (Fsp3) is 0.706. The topological polar surface area (TPSA) is 49.3 Å². The van der Waals surface area contributed by atoms with Crippen LogP contribution in [-0.2, 0) is 11.2 Å². The van der Waals surface area contributed by atoms with Gasteiger partial charge in [-0.15, -0.1) is 11.3 Å². The SMILES string of the molecule is O=C(CCCc1cccs1)NC(CCO)C1CCCCC1. The zero-order chi connectivity index (χ0) is 14.9. The molecular formula is C17H27NO2S. The number of nitrogens with one attached hydrogen (secondary N) is 1. The van der Waals surface area contributed by atoms with E-state index in [1.807, 2.05) is 0 Å². The van der Waals surface area contributed by atoms with Gasteiger partial charge in [0.05, 0.1) is 0 Å². The summed E-state index contributed by atoms with van der Waals surface area (Å²) in [6, 6.07) is 4.35. The van der Waals surface area contributed by atoms with Crippen molar-refractivity contribution in [3.8, 4) is 0 Å². The zero-order valence-corrected chi connectivity index (χ0v) is 13.5. The highest BCUT2D eigenvalue weighted by Gasteiger charge is 2.24. The highest BCUT2D eigenvalue weighted by atomic mass is 32.1. The molecule has 118 valence electrons. The van der Waals surface area contributed by atoms with Gasteiger partial charge >= 0.3 is 0 Å². The Morgan fingerprint density at radius 1 is 1.38 bits per heavy atom. The molecular weight excluding hydrogens is 282 g/mol. The number of aliphatic hydroxyl groups is 1. The number of rotatable bonds is 8.